The third-order valence-electron chi connectivity index (χ3n) is 6.87. The summed E-state index contributed by atoms with van der Waals surface area (Å²) in [6.45, 7) is 9.71. The van der Waals surface area contributed by atoms with Crippen molar-refractivity contribution < 1.29 is 4.79 Å². The van der Waals surface area contributed by atoms with E-state index in [4.69, 9.17) is 0 Å². The molecule has 180 valence electrons. The van der Waals surface area contributed by atoms with E-state index in [0.717, 1.165) is 32.7 Å². The van der Waals surface area contributed by atoms with E-state index in [0.29, 0.717) is 17.6 Å². The molecule has 1 aliphatic heterocycles. The fourth-order valence-electron chi connectivity index (χ4n) is 4.62. The average molecular weight is 464 g/mol. The average Bonchev–Trinajstić information content (AvgIpc) is 2.85. The lowest BCUT2D eigenvalue weighted by Gasteiger charge is -2.37. The zero-order valence-electron chi connectivity index (χ0n) is 20.2. The van der Waals surface area contributed by atoms with Crippen molar-refractivity contribution in [3.05, 3.63) is 74.3 Å². The number of piperazine rings is 1. The molecule has 34 heavy (non-hydrogen) atoms. The lowest BCUT2D eigenvalue weighted by atomic mass is 10.1. The lowest BCUT2D eigenvalue weighted by Crippen LogP contribution is -2.48. The third kappa shape index (κ3) is 4.92. The highest BCUT2D eigenvalue weighted by Crippen LogP contribution is 2.23. The summed E-state index contributed by atoms with van der Waals surface area (Å²) in [6.07, 6.45) is 0.150. The fourth-order valence-corrected chi connectivity index (χ4v) is 4.62. The maximum absolute atomic E-state index is 12.5. The van der Waals surface area contributed by atoms with Crippen LogP contribution in [0, 0.1) is 13.8 Å². The number of hydrogen-bond donors (Lipinski definition) is 1. The van der Waals surface area contributed by atoms with Crippen LogP contribution in [0.3, 0.4) is 0 Å². The molecule has 0 atom stereocenters. The minimum absolute atomic E-state index is 0.120. The van der Waals surface area contributed by atoms with E-state index in [2.05, 4.69) is 47.2 Å². The van der Waals surface area contributed by atoms with E-state index in [1.165, 1.54) is 25.9 Å². The molecular weight excluding hydrogens is 430 g/mol. The summed E-state index contributed by atoms with van der Waals surface area (Å²) in [6, 6.07) is 13.7. The van der Waals surface area contributed by atoms with Gasteiger partial charge in [0, 0.05) is 65.0 Å². The first-order valence-electron chi connectivity index (χ1n) is 11.9. The molecule has 1 aromatic heterocycles. The predicted octanol–water partition coefficient (Wildman–Crippen LogP) is 1.65. The summed E-state index contributed by atoms with van der Waals surface area (Å²) >= 11 is 0. The van der Waals surface area contributed by atoms with Gasteiger partial charge in [-0.1, -0.05) is 24.3 Å². The number of para-hydroxylation sites is 2. The Balaban J connectivity index is 1.26. The summed E-state index contributed by atoms with van der Waals surface area (Å²) in [5.41, 5.74) is 4.11. The number of hydrogen-bond acceptors (Lipinski definition) is 5. The van der Waals surface area contributed by atoms with Crippen molar-refractivity contribution in [3.63, 3.8) is 0 Å². The Bertz CT molecular complexity index is 1300. The van der Waals surface area contributed by atoms with Crippen LogP contribution >= 0.6 is 0 Å². The van der Waals surface area contributed by atoms with Gasteiger partial charge >= 0.3 is 11.1 Å². The second kappa shape index (κ2) is 10.3. The molecule has 2 heterocycles. The Kier molecular flexibility index (Phi) is 7.17. The summed E-state index contributed by atoms with van der Waals surface area (Å²) in [5, 5.41) is 2.96. The van der Waals surface area contributed by atoms with Crippen molar-refractivity contribution in [3.8, 4) is 0 Å². The van der Waals surface area contributed by atoms with Crippen LogP contribution in [0.25, 0.3) is 11.0 Å². The van der Waals surface area contributed by atoms with Crippen molar-refractivity contribution in [1.29, 1.82) is 0 Å². The Morgan fingerprint density at radius 2 is 1.59 bits per heavy atom. The molecule has 3 aromatic rings. The summed E-state index contributed by atoms with van der Waals surface area (Å²) in [4.78, 5) is 42.0. The molecule has 1 amide bonds. The number of fused-ring (bicyclic) bond motifs is 1. The van der Waals surface area contributed by atoms with E-state index in [1.54, 1.807) is 19.2 Å². The first kappa shape index (κ1) is 23.8. The SMILES string of the molecule is Cc1cccc(N2CCN(CCNC(=O)CCn3c(=O)c(=O)n(C)c4ccccc43)CC2)c1C. The molecule has 0 aliphatic carbocycles. The van der Waals surface area contributed by atoms with Crippen LogP contribution in [0.15, 0.2) is 52.1 Å². The second-order valence-corrected chi connectivity index (χ2v) is 8.96. The molecule has 0 saturated carbocycles. The van der Waals surface area contributed by atoms with Gasteiger partial charge in [0.15, 0.2) is 0 Å². The van der Waals surface area contributed by atoms with Gasteiger partial charge < -0.3 is 19.4 Å². The van der Waals surface area contributed by atoms with Gasteiger partial charge in [-0.2, -0.15) is 0 Å². The van der Waals surface area contributed by atoms with Gasteiger partial charge in [-0.05, 0) is 43.2 Å². The van der Waals surface area contributed by atoms with Gasteiger partial charge in [0.05, 0.1) is 11.0 Å². The third-order valence-corrected chi connectivity index (χ3v) is 6.87. The number of carbonyl (C=O) groups is 1. The zero-order valence-corrected chi connectivity index (χ0v) is 20.2. The Morgan fingerprint density at radius 1 is 0.882 bits per heavy atom. The quantitative estimate of drug-likeness (QED) is 0.539. The van der Waals surface area contributed by atoms with E-state index in [9.17, 15) is 14.4 Å². The van der Waals surface area contributed by atoms with Gasteiger partial charge in [0.1, 0.15) is 0 Å². The second-order valence-electron chi connectivity index (χ2n) is 8.96. The van der Waals surface area contributed by atoms with Gasteiger partial charge in [-0.25, -0.2) is 0 Å². The smallest absolute Gasteiger partial charge is 0.316 e. The molecule has 1 N–H and O–H groups in total. The number of nitrogens with zero attached hydrogens (tertiary/aromatic N) is 4. The number of carbonyl (C=O) groups excluding carboxylic acids is 1. The maximum Gasteiger partial charge on any atom is 0.316 e. The Morgan fingerprint density at radius 3 is 2.32 bits per heavy atom. The number of rotatable bonds is 7. The molecule has 0 radical (unpaired) electrons. The van der Waals surface area contributed by atoms with Crippen LogP contribution in [0.4, 0.5) is 5.69 Å². The molecule has 8 nitrogen and oxygen atoms in total. The highest BCUT2D eigenvalue weighted by atomic mass is 16.2. The predicted molar refractivity (Wildman–Crippen MR) is 136 cm³/mol. The normalized spacial score (nSPS) is 14.5. The van der Waals surface area contributed by atoms with Crippen LogP contribution in [0.2, 0.25) is 0 Å². The Hall–Kier alpha value is -3.39. The highest BCUT2D eigenvalue weighted by molar-refractivity contribution is 5.77. The first-order chi connectivity index (χ1) is 16.4. The minimum Gasteiger partial charge on any atom is -0.369 e. The molecule has 0 unspecified atom stereocenters. The maximum atomic E-state index is 12.5. The standard InChI is InChI=1S/C26H33N5O3/c1-19-7-6-10-21(20(19)2)30-17-15-29(16-18-30)14-12-27-24(32)11-13-31-23-9-5-4-8-22(23)28(3)25(33)26(31)34/h4-10H,11-18H2,1-3H3,(H,27,32). The number of amides is 1. The molecule has 8 heteroatoms. The number of anilines is 1. The Labute approximate surface area is 199 Å². The summed E-state index contributed by atoms with van der Waals surface area (Å²) in [5.74, 6) is -0.120. The van der Waals surface area contributed by atoms with Crippen molar-refractivity contribution >= 4 is 22.6 Å². The van der Waals surface area contributed by atoms with Crippen LogP contribution < -0.4 is 21.3 Å². The largest absolute Gasteiger partial charge is 0.369 e. The van der Waals surface area contributed by atoms with Crippen LogP contribution in [-0.4, -0.2) is 59.2 Å². The molecule has 2 aromatic carbocycles. The molecule has 4 rings (SSSR count). The molecule has 1 fully saturated rings. The van der Waals surface area contributed by atoms with E-state index >= 15 is 0 Å². The van der Waals surface area contributed by atoms with Crippen LogP contribution in [0.1, 0.15) is 17.5 Å². The van der Waals surface area contributed by atoms with Crippen molar-refractivity contribution in [2.24, 2.45) is 7.05 Å². The zero-order chi connectivity index (χ0) is 24.2. The van der Waals surface area contributed by atoms with Crippen LogP contribution in [0.5, 0.6) is 0 Å². The summed E-state index contributed by atoms with van der Waals surface area (Å²) < 4.78 is 2.76. The molecule has 1 saturated heterocycles. The minimum atomic E-state index is -0.601. The van der Waals surface area contributed by atoms with E-state index in [1.807, 2.05) is 12.1 Å². The first-order valence-corrected chi connectivity index (χ1v) is 11.9. The fraction of sp³-hybridized carbons (Fsp3) is 0.423. The van der Waals surface area contributed by atoms with E-state index in [-0.39, 0.29) is 18.9 Å². The van der Waals surface area contributed by atoms with Crippen LogP contribution in [-0.2, 0) is 18.4 Å². The van der Waals surface area contributed by atoms with Gasteiger partial charge in [0.25, 0.3) is 0 Å². The molecule has 1 aliphatic rings. The molecule has 0 spiro atoms. The van der Waals surface area contributed by atoms with Gasteiger partial charge in [0.2, 0.25) is 5.91 Å². The molecule has 0 bridgehead atoms. The lowest BCUT2D eigenvalue weighted by molar-refractivity contribution is -0.121. The van der Waals surface area contributed by atoms with Gasteiger partial charge in [-0.3, -0.25) is 19.3 Å². The number of benzene rings is 2. The van der Waals surface area contributed by atoms with Crippen molar-refractivity contribution in [1.82, 2.24) is 19.4 Å². The van der Waals surface area contributed by atoms with Crippen molar-refractivity contribution in [2.45, 2.75) is 26.8 Å². The number of aryl methyl sites for hydroxylation is 3. The highest BCUT2D eigenvalue weighted by Gasteiger charge is 2.19. The monoisotopic (exact) mass is 463 g/mol. The summed E-state index contributed by atoms with van der Waals surface area (Å²) in [7, 11) is 1.59. The topological polar surface area (TPSA) is 79.6 Å². The number of nitrogens with one attached hydrogen (secondary N) is 1. The van der Waals surface area contributed by atoms with Crippen molar-refractivity contribution in [2.75, 3.05) is 44.2 Å². The molecular formula is C26H33N5O3. The van der Waals surface area contributed by atoms with Gasteiger partial charge in [-0.15, -0.1) is 0 Å². The van der Waals surface area contributed by atoms with E-state index < -0.39 is 11.1 Å². The number of aromatic nitrogens is 2.